The number of amides is 1. The molecule has 1 saturated carbocycles. The van der Waals surface area contributed by atoms with Gasteiger partial charge < -0.3 is 10.0 Å². The van der Waals surface area contributed by atoms with Gasteiger partial charge in [0.25, 0.3) is 5.91 Å². The Labute approximate surface area is 102 Å². The molecule has 0 unspecified atom stereocenters. The largest absolute Gasteiger partial charge is 0.387 e. The molecule has 92 valence electrons. The predicted octanol–water partition coefficient (Wildman–Crippen LogP) is 2.34. The number of benzene rings is 1. The van der Waals surface area contributed by atoms with Gasteiger partial charge in [0.2, 0.25) is 0 Å². The molecule has 1 fully saturated rings. The SMILES string of the molecule is O=C(CO)N(c1ccccc1)C1CCCCC1. The summed E-state index contributed by atoms with van der Waals surface area (Å²) in [7, 11) is 0. The summed E-state index contributed by atoms with van der Waals surface area (Å²) in [4.78, 5) is 13.7. The number of hydrogen-bond donors (Lipinski definition) is 1. The normalized spacial score (nSPS) is 16.8. The van der Waals surface area contributed by atoms with Crippen LogP contribution in [0.2, 0.25) is 0 Å². The first-order chi connectivity index (χ1) is 8.33. The summed E-state index contributed by atoms with van der Waals surface area (Å²) >= 11 is 0. The van der Waals surface area contributed by atoms with Crippen molar-refractivity contribution in [1.29, 1.82) is 0 Å². The van der Waals surface area contributed by atoms with Crippen molar-refractivity contribution in [1.82, 2.24) is 0 Å². The number of nitrogens with zero attached hydrogens (tertiary/aromatic N) is 1. The van der Waals surface area contributed by atoms with Crippen molar-refractivity contribution in [2.45, 2.75) is 38.1 Å². The monoisotopic (exact) mass is 233 g/mol. The van der Waals surface area contributed by atoms with Crippen LogP contribution < -0.4 is 4.90 Å². The fourth-order valence-corrected chi connectivity index (χ4v) is 2.56. The van der Waals surface area contributed by atoms with Crippen molar-refractivity contribution in [2.75, 3.05) is 11.5 Å². The second-order valence-corrected chi connectivity index (χ2v) is 4.55. The van der Waals surface area contributed by atoms with E-state index in [4.69, 9.17) is 5.11 Å². The third-order valence-electron chi connectivity index (χ3n) is 3.38. The van der Waals surface area contributed by atoms with Gasteiger partial charge in [0, 0.05) is 11.7 Å². The molecule has 0 spiro atoms. The highest BCUT2D eigenvalue weighted by Crippen LogP contribution is 2.27. The molecular formula is C14H19NO2. The lowest BCUT2D eigenvalue weighted by molar-refractivity contribution is -0.121. The zero-order valence-corrected chi connectivity index (χ0v) is 10.0. The van der Waals surface area contributed by atoms with Crippen molar-refractivity contribution in [3.63, 3.8) is 0 Å². The Bertz CT molecular complexity index is 358. The van der Waals surface area contributed by atoms with Gasteiger partial charge in [-0.1, -0.05) is 37.5 Å². The molecule has 0 aliphatic heterocycles. The van der Waals surface area contributed by atoms with Crippen LogP contribution in [0.15, 0.2) is 30.3 Å². The number of para-hydroxylation sites is 1. The van der Waals surface area contributed by atoms with Crippen LogP contribution >= 0.6 is 0 Å². The maximum absolute atomic E-state index is 11.9. The van der Waals surface area contributed by atoms with Crippen molar-refractivity contribution < 1.29 is 9.90 Å². The second-order valence-electron chi connectivity index (χ2n) is 4.55. The molecular weight excluding hydrogens is 214 g/mol. The molecule has 0 heterocycles. The number of carbonyl (C=O) groups excluding carboxylic acids is 1. The quantitative estimate of drug-likeness (QED) is 0.870. The molecule has 17 heavy (non-hydrogen) atoms. The molecule has 1 aromatic rings. The molecule has 0 saturated heterocycles. The molecule has 0 atom stereocenters. The summed E-state index contributed by atoms with van der Waals surface area (Å²) in [6, 6.07) is 9.91. The molecule has 0 radical (unpaired) electrons. The number of hydrogen-bond acceptors (Lipinski definition) is 2. The van der Waals surface area contributed by atoms with Crippen LogP contribution in [-0.2, 0) is 4.79 Å². The van der Waals surface area contributed by atoms with Gasteiger partial charge in [-0.2, -0.15) is 0 Å². The van der Waals surface area contributed by atoms with Gasteiger partial charge in [-0.05, 0) is 25.0 Å². The van der Waals surface area contributed by atoms with Crippen molar-refractivity contribution in [2.24, 2.45) is 0 Å². The summed E-state index contributed by atoms with van der Waals surface area (Å²) in [6.45, 7) is -0.411. The van der Waals surface area contributed by atoms with E-state index in [9.17, 15) is 4.79 Å². The van der Waals surface area contributed by atoms with Gasteiger partial charge in [-0.3, -0.25) is 4.79 Å². The Kier molecular flexibility index (Phi) is 4.15. The van der Waals surface area contributed by atoms with Gasteiger partial charge in [-0.15, -0.1) is 0 Å². The van der Waals surface area contributed by atoms with Gasteiger partial charge in [-0.25, -0.2) is 0 Å². The average Bonchev–Trinajstić information content (AvgIpc) is 2.41. The minimum Gasteiger partial charge on any atom is -0.387 e. The molecule has 1 aliphatic rings. The smallest absolute Gasteiger partial charge is 0.252 e. The maximum Gasteiger partial charge on any atom is 0.252 e. The predicted molar refractivity (Wildman–Crippen MR) is 67.9 cm³/mol. The van der Waals surface area contributed by atoms with Crippen LogP contribution in [-0.4, -0.2) is 23.7 Å². The van der Waals surface area contributed by atoms with Crippen LogP contribution in [0.3, 0.4) is 0 Å². The number of carbonyl (C=O) groups is 1. The molecule has 2 rings (SSSR count). The van der Waals surface area contributed by atoms with E-state index >= 15 is 0 Å². The summed E-state index contributed by atoms with van der Waals surface area (Å²) < 4.78 is 0. The Hall–Kier alpha value is -1.35. The van der Waals surface area contributed by atoms with Crippen molar-refractivity contribution in [3.05, 3.63) is 30.3 Å². The second kappa shape index (κ2) is 5.82. The van der Waals surface area contributed by atoms with E-state index < -0.39 is 6.61 Å². The highest BCUT2D eigenvalue weighted by Gasteiger charge is 2.25. The summed E-state index contributed by atoms with van der Waals surface area (Å²) in [5.74, 6) is -0.192. The molecule has 3 nitrogen and oxygen atoms in total. The third-order valence-corrected chi connectivity index (χ3v) is 3.38. The highest BCUT2D eigenvalue weighted by atomic mass is 16.3. The Morgan fingerprint density at radius 3 is 2.41 bits per heavy atom. The minimum absolute atomic E-state index is 0.192. The van der Waals surface area contributed by atoms with Crippen LogP contribution in [0.25, 0.3) is 0 Å². The first-order valence-corrected chi connectivity index (χ1v) is 6.31. The van der Waals surface area contributed by atoms with Gasteiger partial charge >= 0.3 is 0 Å². The zero-order valence-electron chi connectivity index (χ0n) is 10.0. The standard InChI is InChI=1S/C14H19NO2/c16-11-14(17)15(12-7-3-1-4-8-12)13-9-5-2-6-10-13/h1,3-4,7-8,13,16H,2,5-6,9-11H2. The topological polar surface area (TPSA) is 40.5 Å². The van der Waals surface area contributed by atoms with Gasteiger partial charge in [0.15, 0.2) is 0 Å². The summed E-state index contributed by atoms with van der Waals surface area (Å²) in [5.41, 5.74) is 0.901. The highest BCUT2D eigenvalue weighted by molar-refractivity contribution is 5.94. The molecule has 1 aliphatic carbocycles. The van der Waals surface area contributed by atoms with E-state index in [1.54, 1.807) is 4.90 Å². The van der Waals surface area contributed by atoms with Crippen LogP contribution in [0, 0.1) is 0 Å². The van der Waals surface area contributed by atoms with Crippen LogP contribution in [0.5, 0.6) is 0 Å². The van der Waals surface area contributed by atoms with E-state index in [0.717, 1.165) is 18.5 Å². The number of aliphatic hydroxyl groups is 1. The molecule has 1 amide bonds. The summed E-state index contributed by atoms with van der Waals surface area (Å²) in [5, 5.41) is 9.11. The molecule has 3 heteroatoms. The van der Waals surface area contributed by atoms with E-state index in [1.165, 1.54) is 19.3 Å². The Morgan fingerprint density at radius 1 is 1.18 bits per heavy atom. The number of aliphatic hydroxyl groups excluding tert-OH is 1. The van der Waals surface area contributed by atoms with Crippen LogP contribution in [0.1, 0.15) is 32.1 Å². The lowest BCUT2D eigenvalue weighted by atomic mass is 9.93. The molecule has 1 N–H and O–H groups in total. The fourth-order valence-electron chi connectivity index (χ4n) is 2.56. The van der Waals surface area contributed by atoms with Gasteiger partial charge in [0.1, 0.15) is 6.61 Å². The van der Waals surface area contributed by atoms with Crippen molar-refractivity contribution in [3.8, 4) is 0 Å². The van der Waals surface area contributed by atoms with Gasteiger partial charge in [0.05, 0.1) is 0 Å². The molecule has 0 aromatic heterocycles. The maximum atomic E-state index is 11.9. The lowest BCUT2D eigenvalue weighted by Crippen LogP contribution is -2.43. The molecule has 1 aromatic carbocycles. The Balaban J connectivity index is 2.21. The lowest BCUT2D eigenvalue weighted by Gasteiger charge is -2.34. The van der Waals surface area contributed by atoms with E-state index in [0.29, 0.717) is 0 Å². The zero-order chi connectivity index (χ0) is 12.1. The van der Waals surface area contributed by atoms with Crippen LogP contribution in [0.4, 0.5) is 5.69 Å². The number of anilines is 1. The first-order valence-electron chi connectivity index (χ1n) is 6.31. The Morgan fingerprint density at radius 2 is 1.82 bits per heavy atom. The minimum atomic E-state index is -0.411. The average molecular weight is 233 g/mol. The fraction of sp³-hybridized carbons (Fsp3) is 0.500. The number of rotatable bonds is 3. The van der Waals surface area contributed by atoms with E-state index in [-0.39, 0.29) is 11.9 Å². The van der Waals surface area contributed by atoms with E-state index in [2.05, 4.69) is 0 Å². The van der Waals surface area contributed by atoms with Crippen molar-refractivity contribution >= 4 is 11.6 Å². The van der Waals surface area contributed by atoms with E-state index in [1.807, 2.05) is 30.3 Å². The third kappa shape index (κ3) is 2.86. The summed E-state index contributed by atoms with van der Waals surface area (Å²) in [6.07, 6.45) is 5.69. The molecule has 0 bridgehead atoms. The first kappa shape index (κ1) is 12.1.